The average molecular weight is 380 g/mol. The van der Waals surface area contributed by atoms with Crippen LogP contribution < -0.4 is 10.2 Å². The monoisotopic (exact) mass is 379 g/mol. The fraction of sp³-hybridized carbons (Fsp3) is 0.316. The standard InChI is InChI=1S/C19H20ClF2N3O/c1-13(19(26)23-18-7-2-14(20)12-17(18)22)24-8-10-25(11-9-24)16-5-3-15(21)4-6-16/h2-7,12-13H,8-11H2,1H3,(H,23,26). The van der Waals surface area contributed by atoms with Crippen LogP contribution in [0, 0.1) is 11.6 Å². The normalized spacial score (nSPS) is 16.4. The SMILES string of the molecule is CC(C(=O)Nc1ccc(Cl)cc1F)N1CCN(c2ccc(F)cc2)CC1. The van der Waals surface area contributed by atoms with E-state index in [1.54, 1.807) is 19.1 Å². The lowest BCUT2D eigenvalue weighted by atomic mass is 10.2. The van der Waals surface area contributed by atoms with Crippen molar-refractivity contribution in [1.82, 2.24) is 4.90 Å². The maximum atomic E-state index is 13.8. The summed E-state index contributed by atoms with van der Waals surface area (Å²) in [7, 11) is 0. The first-order valence-corrected chi connectivity index (χ1v) is 8.82. The minimum Gasteiger partial charge on any atom is -0.369 e. The Balaban J connectivity index is 1.56. The molecular weight excluding hydrogens is 360 g/mol. The van der Waals surface area contributed by atoms with E-state index in [1.807, 2.05) is 4.90 Å². The third kappa shape index (κ3) is 4.31. The molecule has 1 aliphatic heterocycles. The van der Waals surface area contributed by atoms with Crippen molar-refractivity contribution < 1.29 is 13.6 Å². The lowest BCUT2D eigenvalue weighted by Gasteiger charge is -2.38. The lowest BCUT2D eigenvalue weighted by molar-refractivity contribution is -0.120. The zero-order valence-corrected chi connectivity index (χ0v) is 15.1. The first-order chi connectivity index (χ1) is 12.4. The van der Waals surface area contributed by atoms with Gasteiger partial charge in [0.05, 0.1) is 11.7 Å². The van der Waals surface area contributed by atoms with E-state index in [0.29, 0.717) is 13.1 Å². The van der Waals surface area contributed by atoms with Crippen LogP contribution in [0.15, 0.2) is 42.5 Å². The molecule has 0 aliphatic carbocycles. The largest absolute Gasteiger partial charge is 0.369 e. The van der Waals surface area contributed by atoms with E-state index >= 15 is 0 Å². The highest BCUT2D eigenvalue weighted by Gasteiger charge is 2.26. The molecule has 1 unspecified atom stereocenters. The zero-order valence-electron chi connectivity index (χ0n) is 14.4. The van der Waals surface area contributed by atoms with E-state index in [0.717, 1.165) is 18.8 Å². The molecule has 4 nitrogen and oxygen atoms in total. The third-order valence-corrected chi connectivity index (χ3v) is 4.86. The molecule has 1 atom stereocenters. The Morgan fingerprint density at radius 1 is 1.08 bits per heavy atom. The Hall–Kier alpha value is -2.18. The Morgan fingerprint density at radius 2 is 1.73 bits per heavy atom. The molecule has 7 heteroatoms. The van der Waals surface area contributed by atoms with E-state index in [1.165, 1.54) is 30.3 Å². The van der Waals surface area contributed by atoms with Crippen LogP contribution in [-0.2, 0) is 4.79 Å². The Labute approximate surface area is 156 Å². The molecule has 1 aliphatic rings. The Morgan fingerprint density at radius 3 is 2.35 bits per heavy atom. The van der Waals surface area contributed by atoms with Gasteiger partial charge in [0.2, 0.25) is 5.91 Å². The molecule has 138 valence electrons. The number of anilines is 2. The number of piperazine rings is 1. The molecule has 0 radical (unpaired) electrons. The lowest BCUT2D eigenvalue weighted by Crippen LogP contribution is -2.52. The predicted octanol–water partition coefficient (Wildman–Crippen LogP) is 3.77. The molecule has 1 heterocycles. The van der Waals surface area contributed by atoms with Gasteiger partial charge in [0, 0.05) is 36.9 Å². The number of hydrogen-bond donors (Lipinski definition) is 1. The van der Waals surface area contributed by atoms with Gasteiger partial charge in [-0.3, -0.25) is 9.69 Å². The number of carbonyl (C=O) groups is 1. The maximum Gasteiger partial charge on any atom is 0.241 e. The van der Waals surface area contributed by atoms with Gasteiger partial charge in [-0.2, -0.15) is 0 Å². The molecule has 2 aromatic carbocycles. The second-order valence-electron chi connectivity index (χ2n) is 6.29. The number of halogens is 3. The van der Waals surface area contributed by atoms with Crippen LogP contribution in [0.25, 0.3) is 0 Å². The number of amides is 1. The number of rotatable bonds is 4. The van der Waals surface area contributed by atoms with Crippen LogP contribution in [0.3, 0.4) is 0 Å². The van der Waals surface area contributed by atoms with Crippen molar-refractivity contribution in [3.8, 4) is 0 Å². The Kier molecular flexibility index (Phi) is 5.74. The van der Waals surface area contributed by atoms with Crippen molar-refractivity contribution in [2.24, 2.45) is 0 Å². The molecule has 0 spiro atoms. The fourth-order valence-corrected chi connectivity index (χ4v) is 3.17. The van der Waals surface area contributed by atoms with Crippen LogP contribution in [-0.4, -0.2) is 43.0 Å². The van der Waals surface area contributed by atoms with Crippen molar-refractivity contribution in [2.75, 3.05) is 36.4 Å². The van der Waals surface area contributed by atoms with Crippen molar-refractivity contribution in [3.63, 3.8) is 0 Å². The quantitative estimate of drug-likeness (QED) is 0.878. The van der Waals surface area contributed by atoms with Gasteiger partial charge in [-0.1, -0.05) is 11.6 Å². The van der Waals surface area contributed by atoms with Crippen LogP contribution in [0.2, 0.25) is 5.02 Å². The van der Waals surface area contributed by atoms with Gasteiger partial charge >= 0.3 is 0 Å². The van der Waals surface area contributed by atoms with E-state index < -0.39 is 5.82 Å². The molecule has 26 heavy (non-hydrogen) atoms. The van der Waals surface area contributed by atoms with Gasteiger partial charge in [0.15, 0.2) is 0 Å². The summed E-state index contributed by atoms with van der Waals surface area (Å²) < 4.78 is 26.9. The number of nitrogens with one attached hydrogen (secondary N) is 1. The predicted molar refractivity (Wildman–Crippen MR) is 99.7 cm³/mol. The summed E-state index contributed by atoms with van der Waals surface area (Å²) in [6.07, 6.45) is 0. The highest BCUT2D eigenvalue weighted by molar-refractivity contribution is 6.30. The Bertz CT molecular complexity index is 777. The van der Waals surface area contributed by atoms with Gasteiger partial charge < -0.3 is 10.2 Å². The van der Waals surface area contributed by atoms with Crippen molar-refractivity contribution in [1.29, 1.82) is 0 Å². The summed E-state index contributed by atoms with van der Waals surface area (Å²) >= 11 is 5.72. The van der Waals surface area contributed by atoms with Gasteiger partial charge in [0.25, 0.3) is 0 Å². The summed E-state index contributed by atoms with van der Waals surface area (Å²) in [5.41, 5.74) is 1.09. The number of carbonyl (C=O) groups excluding carboxylic acids is 1. The van der Waals surface area contributed by atoms with Crippen molar-refractivity contribution in [3.05, 3.63) is 59.1 Å². The number of benzene rings is 2. The number of hydrogen-bond acceptors (Lipinski definition) is 3. The molecule has 0 saturated carbocycles. The smallest absolute Gasteiger partial charge is 0.241 e. The summed E-state index contributed by atoms with van der Waals surface area (Å²) in [6, 6.07) is 10.2. The van der Waals surface area contributed by atoms with Gasteiger partial charge in [-0.25, -0.2) is 8.78 Å². The van der Waals surface area contributed by atoms with E-state index in [9.17, 15) is 13.6 Å². The summed E-state index contributed by atoms with van der Waals surface area (Å²) in [4.78, 5) is 16.6. The van der Waals surface area contributed by atoms with E-state index in [2.05, 4.69) is 10.2 Å². The van der Waals surface area contributed by atoms with Gasteiger partial charge in [0.1, 0.15) is 11.6 Å². The molecule has 3 rings (SSSR count). The highest BCUT2D eigenvalue weighted by Crippen LogP contribution is 2.21. The van der Waals surface area contributed by atoms with Crippen molar-refractivity contribution in [2.45, 2.75) is 13.0 Å². The summed E-state index contributed by atoms with van der Waals surface area (Å²) in [6.45, 7) is 4.65. The highest BCUT2D eigenvalue weighted by atomic mass is 35.5. The summed E-state index contributed by atoms with van der Waals surface area (Å²) in [5.74, 6) is -1.08. The first kappa shape index (κ1) is 18.6. The zero-order chi connectivity index (χ0) is 18.7. The molecule has 0 aromatic heterocycles. The van der Waals surface area contributed by atoms with Crippen LogP contribution in [0.4, 0.5) is 20.2 Å². The van der Waals surface area contributed by atoms with Crippen LogP contribution in [0.5, 0.6) is 0 Å². The average Bonchev–Trinajstić information content (AvgIpc) is 2.64. The minimum atomic E-state index is -0.556. The second-order valence-corrected chi connectivity index (χ2v) is 6.73. The fourth-order valence-electron chi connectivity index (χ4n) is 3.01. The molecule has 1 saturated heterocycles. The minimum absolute atomic E-state index is 0.121. The van der Waals surface area contributed by atoms with Crippen LogP contribution >= 0.6 is 11.6 Å². The van der Waals surface area contributed by atoms with Crippen LogP contribution in [0.1, 0.15) is 6.92 Å². The molecular formula is C19H20ClF2N3O. The first-order valence-electron chi connectivity index (χ1n) is 8.44. The topological polar surface area (TPSA) is 35.6 Å². The molecule has 1 amide bonds. The van der Waals surface area contributed by atoms with Crippen molar-refractivity contribution >= 4 is 28.9 Å². The van der Waals surface area contributed by atoms with Gasteiger partial charge in [-0.15, -0.1) is 0 Å². The summed E-state index contributed by atoms with van der Waals surface area (Å²) in [5, 5.41) is 2.90. The van der Waals surface area contributed by atoms with E-state index in [-0.39, 0.29) is 28.5 Å². The molecule has 1 fully saturated rings. The third-order valence-electron chi connectivity index (χ3n) is 4.62. The van der Waals surface area contributed by atoms with E-state index in [4.69, 9.17) is 11.6 Å². The second kappa shape index (κ2) is 8.01. The maximum absolute atomic E-state index is 13.8. The van der Waals surface area contributed by atoms with Gasteiger partial charge in [-0.05, 0) is 49.4 Å². The molecule has 2 aromatic rings. The molecule has 0 bridgehead atoms. The number of nitrogens with zero attached hydrogens (tertiary/aromatic N) is 2. The molecule has 1 N–H and O–H groups in total.